The third-order valence-electron chi connectivity index (χ3n) is 4.73. The molecule has 0 fully saturated rings. The van der Waals surface area contributed by atoms with E-state index in [0.717, 1.165) is 0 Å². The summed E-state index contributed by atoms with van der Waals surface area (Å²) in [6, 6.07) is 13.0. The van der Waals surface area contributed by atoms with Crippen LogP contribution in [-0.4, -0.2) is 26.7 Å². The molecule has 30 heavy (non-hydrogen) atoms. The van der Waals surface area contributed by atoms with Gasteiger partial charge in [0.05, 0.1) is 22.1 Å². The Morgan fingerprint density at radius 3 is 2.57 bits per heavy atom. The fourth-order valence-corrected chi connectivity index (χ4v) is 4.08. The number of carbonyl (C=O) groups excluding carboxylic acids is 1. The van der Waals surface area contributed by atoms with Crippen LogP contribution in [0.15, 0.2) is 53.7 Å². The zero-order valence-corrected chi connectivity index (χ0v) is 17.0. The van der Waals surface area contributed by atoms with Gasteiger partial charge < -0.3 is 5.11 Å². The molecule has 152 valence electrons. The second-order valence-electron chi connectivity index (χ2n) is 6.55. The first kappa shape index (κ1) is 19.8. The smallest absolute Gasteiger partial charge is 0.293 e. The highest BCUT2D eigenvalue weighted by Gasteiger charge is 2.43. The lowest BCUT2D eigenvalue weighted by atomic mass is 10.0. The molecule has 0 bridgehead atoms. The highest BCUT2D eigenvalue weighted by Crippen LogP contribution is 2.40. The summed E-state index contributed by atoms with van der Waals surface area (Å²) in [4.78, 5) is 28.9. The predicted octanol–water partition coefficient (Wildman–Crippen LogP) is 2.44. The number of benzene rings is 2. The Balaban J connectivity index is 2.00. The number of non-ortho nitro benzene ring substituents is 1. The predicted molar refractivity (Wildman–Crippen MR) is 108 cm³/mol. The van der Waals surface area contributed by atoms with Gasteiger partial charge >= 0.3 is 0 Å². The highest BCUT2D eigenvalue weighted by molar-refractivity contribution is 7.99. The monoisotopic (exact) mass is 423 g/mol. The molecule has 0 N–H and O–H groups in total. The second kappa shape index (κ2) is 7.71. The lowest BCUT2D eigenvalue weighted by Crippen LogP contribution is -2.58. The summed E-state index contributed by atoms with van der Waals surface area (Å²) >= 11 is 1.32. The minimum atomic E-state index is -0.778. The maximum absolute atomic E-state index is 12.9. The van der Waals surface area contributed by atoms with E-state index < -0.39 is 17.0 Å². The average molecular weight is 423 g/mol. The number of nitro benzene ring substituents is 1. The molecule has 0 saturated heterocycles. The second-order valence-corrected chi connectivity index (χ2v) is 7.79. The van der Waals surface area contributed by atoms with Crippen LogP contribution < -0.4 is 14.7 Å². The fraction of sp³-hybridized carbons (Fsp3) is 0.200. The highest BCUT2D eigenvalue weighted by atomic mass is 32.2. The van der Waals surface area contributed by atoms with Gasteiger partial charge in [0.2, 0.25) is 5.91 Å². The number of hydrogen-bond acceptors (Lipinski definition) is 7. The SMILES string of the molecule is CCSc1nc([O-])c2[n+](n1)C(c1ccc([N+](=O)[O-])cc1)N(C(C)=O)c1ccccc1-2. The van der Waals surface area contributed by atoms with Crippen molar-refractivity contribution in [3.05, 3.63) is 64.2 Å². The first-order valence-electron chi connectivity index (χ1n) is 9.19. The summed E-state index contributed by atoms with van der Waals surface area (Å²) in [5.74, 6) is -0.0169. The number of aromatic nitrogens is 3. The van der Waals surface area contributed by atoms with Crippen molar-refractivity contribution >= 4 is 29.0 Å². The van der Waals surface area contributed by atoms with Gasteiger partial charge in [-0.15, -0.1) is 0 Å². The first-order chi connectivity index (χ1) is 14.4. The first-order valence-corrected chi connectivity index (χ1v) is 10.2. The maximum Gasteiger partial charge on any atom is 0.293 e. The van der Waals surface area contributed by atoms with E-state index in [1.54, 1.807) is 36.4 Å². The molecular formula is C20H17N5O4S. The molecule has 0 saturated carbocycles. The molecule has 1 aromatic heterocycles. The molecule has 1 aliphatic heterocycles. The third-order valence-corrected chi connectivity index (χ3v) is 5.45. The largest absolute Gasteiger partial charge is 0.854 e. The zero-order valence-electron chi connectivity index (χ0n) is 16.2. The Hall–Kier alpha value is -3.53. The van der Waals surface area contributed by atoms with Crippen LogP contribution in [0.1, 0.15) is 25.6 Å². The molecule has 1 amide bonds. The van der Waals surface area contributed by atoms with Crippen molar-refractivity contribution in [2.75, 3.05) is 10.7 Å². The van der Waals surface area contributed by atoms with Gasteiger partial charge in [0.1, 0.15) is 0 Å². The van der Waals surface area contributed by atoms with Crippen molar-refractivity contribution < 1.29 is 19.5 Å². The molecule has 1 aliphatic rings. The molecule has 1 atom stereocenters. The minimum absolute atomic E-state index is 0.0658. The van der Waals surface area contributed by atoms with Gasteiger partial charge in [-0.3, -0.25) is 14.9 Å². The summed E-state index contributed by atoms with van der Waals surface area (Å²) in [6.07, 6.45) is -0.778. The van der Waals surface area contributed by atoms with E-state index in [9.17, 15) is 20.0 Å². The number of amides is 1. The van der Waals surface area contributed by atoms with E-state index in [2.05, 4.69) is 10.1 Å². The van der Waals surface area contributed by atoms with E-state index in [4.69, 9.17) is 0 Å². The number of nitrogens with zero attached hydrogens (tertiary/aromatic N) is 5. The van der Waals surface area contributed by atoms with Crippen molar-refractivity contribution in [2.45, 2.75) is 25.2 Å². The van der Waals surface area contributed by atoms with Gasteiger partial charge in [-0.2, -0.15) is 0 Å². The zero-order chi connectivity index (χ0) is 21.4. The molecule has 4 rings (SSSR count). The Kier molecular flexibility index (Phi) is 5.08. The van der Waals surface area contributed by atoms with E-state index in [1.807, 2.05) is 6.92 Å². The van der Waals surface area contributed by atoms with Gasteiger partial charge in [-0.1, -0.05) is 35.5 Å². The molecule has 2 heterocycles. The number of fused-ring (bicyclic) bond motifs is 3. The van der Waals surface area contributed by atoms with Gasteiger partial charge in [-0.25, -0.2) is 9.88 Å². The van der Waals surface area contributed by atoms with Crippen LogP contribution in [0.4, 0.5) is 11.4 Å². The van der Waals surface area contributed by atoms with Gasteiger partial charge in [-0.05, 0) is 30.0 Å². The summed E-state index contributed by atoms with van der Waals surface area (Å²) in [7, 11) is 0. The number of nitro groups is 1. The van der Waals surface area contributed by atoms with Crippen molar-refractivity contribution in [3.8, 4) is 17.1 Å². The molecule has 0 spiro atoms. The minimum Gasteiger partial charge on any atom is -0.854 e. The topological polar surface area (TPSA) is 116 Å². The lowest BCUT2D eigenvalue weighted by Gasteiger charge is -2.32. The van der Waals surface area contributed by atoms with Gasteiger partial charge in [0.25, 0.3) is 22.7 Å². The Labute approximate surface area is 176 Å². The van der Waals surface area contributed by atoms with Crippen molar-refractivity contribution in [1.82, 2.24) is 10.1 Å². The van der Waals surface area contributed by atoms with Crippen LogP contribution in [0.2, 0.25) is 0 Å². The van der Waals surface area contributed by atoms with Gasteiger partial charge in [0, 0.05) is 29.7 Å². The van der Waals surface area contributed by atoms with Crippen molar-refractivity contribution in [3.63, 3.8) is 0 Å². The van der Waals surface area contributed by atoms with E-state index in [-0.39, 0.29) is 17.3 Å². The normalized spacial score (nSPS) is 14.7. The Bertz CT molecular complexity index is 1150. The molecule has 0 radical (unpaired) electrons. The van der Waals surface area contributed by atoms with Crippen LogP contribution in [-0.2, 0) is 4.79 Å². The fourth-order valence-electron chi connectivity index (χ4n) is 3.53. The number of thioether (sulfide) groups is 1. The van der Waals surface area contributed by atoms with Crippen LogP contribution in [0.25, 0.3) is 11.3 Å². The number of hydrogen-bond donors (Lipinski definition) is 0. The third kappa shape index (κ3) is 3.24. The average Bonchev–Trinajstić information content (AvgIpc) is 2.72. The number of carbonyl (C=O) groups is 1. The summed E-state index contributed by atoms with van der Waals surface area (Å²) < 4.78 is 1.50. The van der Waals surface area contributed by atoms with Crippen LogP contribution in [0.3, 0.4) is 0 Å². The standard InChI is InChI=1S/C20H17N5O4S/c1-3-30-20-21-18(27)17-15-6-4-5-7-16(15)23(12(2)26)19(24(17)22-20)13-8-10-14(11-9-13)25(28)29/h4-11,19H,3H2,1-2H3. The van der Waals surface area contributed by atoms with E-state index >= 15 is 0 Å². The summed E-state index contributed by atoms with van der Waals surface area (Å²) in [5, 5.41) is 28.9. The quantitative estimate of drug-likeness (QED) is 0.274. The molecule has 1 unspecified atom stereocenters. The Morgan fingerprint density at radius 2 is 1.93 bits per heavy atom. The molecule has 0 aliphatic carbocycles. The van der Waals surface area contributed by atoms with Crippen LogP contribution in [0.5, 0.6) is 5.88 Å². The molecular weight excluding hydrogens is 406 g/mol. The van der Waals surface area contributed by atoms with Gasteiger partial charge in [0.15, 0.2) is 0 Å². The maximum atomic E-state index is 12.9. The van der Waals surface area contributed by atoms with Crippen LogP contribution >= 0.6 is 11.8 Å². The van der Waals surface area contributed by atoms with Crippen molar-refractivity contribution in [1.29, 1.82) is 0 Å². The molecule has 2 aromatic carbocycles. The van der Waals surface area contributed by atoms with Crippen molar-refractivity contribution in [2.24, 2.45) is 0 Å². The molecule has 9 nitrogen and oxygen atoms in total. The summed E-state index contributed by atoms with van der Waals surface area (Å²) in [6.45, 7) is 3.36. The number of para-hydroxylation sites is 1. The van der Waals surface area contributed by atoms with E-state index in [1.165, 1.54) is 40.4 Å². The summed E-state index contributed by atoms with van der Waals surface area (Å²) in [5.41, 5.74) is 1.91. The molecule has 3 aromatic rings. The Morgan fingerprint density at radius 1 is 1.23 bits per heavy atom. The number of anilines is 1. The lowest BCUT2D eigenvalue weighted by molar-refractivity contribution is -0.764. The number of rotatable bonds is 4. The molecule has 10 heteroatoms. The van der Waals surface area contributed by atoms with E-state index in [0.29, 0.717) is 27.7 Å². The van der Waals surface area contributed by atoms with Crippen LogP contribution in [0, 0.1) is 10.1 Å².